The van der Waals surface area contributed by atoms with Gasteiger partial charge in [-0.3, -0.25) is 4.90 Å². The van der Waals surface area contributed by atoms with Crippen molar-refractivity contribution in [1.82, 2.24) is 10.2 Å². The van der Waals surface area contributed by atoms with Crippen LogP contribution in [-0.2, 0) is 4.74 Å². The molecule has 1 saturated heterocycles. The summed E-state index contributed by atoms with van der Waals surface area (Å²) in [5, 5.41) is 30.1. The summed E-state index contributed by atoms with van der Waals surface area (Å²) in [5.41, 5.74) is 2.98. The van der Waals surface area contributed by atoms with Crippen molar-refractivity contribution in [3.05, 3.63) is 12.3 Å². The van der Waals surface area contributed by atoms with Crippen LogP contribution in [0, 0.1) is 0 Å². The molecule has 2 heterocycles. The molecule has 2 aliphatic rings. The fourth-order valence-corrected chi connectivity index (χ4v) is 2.00. The second-order valence-corrected chi connectivity index (χ2v) is 4.62. The van der Waals surface area contributed by atoms with E-state index in [9.17, 15) is 23.8 Å². The highest BCUT2D eigenvalue weighted by atomic mass is 19.3. The van der Waals surface area contributed by atoms with Crippen LogP contribution in [-0.4, -0.2) is 69.5 Å². The average molecular weight is 295 g/mol. The molecule has 0 radical (unpaired) electrons. The van der Waals surface area contributed by atoms with Crippen molar-refractivity contribution in [3.63, 3.8) is 0 Å². The number of carbonyl (C=O) groups is 1. The molecule has 0 aromatic carbocycles. The first kappa shape index (κ1) is 15.1. The molecule has 0 aliphatic carbocycles. The number of nitrogens with two attached hydrogens (primary N) is 1. The monoisotopic (exact) mass is 295 g/mol. The van der Waals surface area contributed by atoms with Crippen molar-refractivity contribution in [3.8, 4) is 0 Å². The summed E-state index contributed by atoms with van der Waals surface area (Å²) in [6.45, 7) is -0.564. The minimum absolute atomic E-state index is 0.564. The number of nitrogens with zero attached hydrogens (tertiary/aromatic N) is 1. The standard InChI is InChI=1S/C10H15F2N3O5/c11-8(12)10(13)1-2-15(9(19)14-10)7-6(18)5(17)4(3-16)20-7/h1-2,4-8,16-18H,3,13H2,(H,14,19)/t4-,5-,6-,7-,10?/m1/s1. The summed E-state index contributed by atoms with van der Waals surface area (Å²) in [4.78, 5) is 12.6. The molecule has 1 unspecified atom stereocenters. The Labute approximate surface area is 112 Å². The molecule has 8 nitrogen and oxygen atoms in total. The van der Waals surface area contributed by atoms with Gasteiger partial charge in [0.15, 0.2) is 11.9 Å². The van der Waals surface area contributed by atoms with Gasteiger partial charge in [0.25, 0.3) is 6.43 Å². The van der Waals surface area contributed by atoms with Gasteiger partial charge in [0.1, 0.15) is 18.3 Å². The molecule has 6 N–H and O–H groups in total. The number of amides is 2. The van der Waals surface area contributed by atoms with Crippen LogP contribution in [0.3, 0.4) is 0 Å². The molecule has 5 atom stereocenters. The van der Waals surface area contributed by atoms with Gasteiger partial charge < -0.3 is 31.1 Å². The molecule has 2 rings (SSSR count). The van der Waals surface area contributed by atoms with E-state index in [0.29, 0.717) is 0 Å². The largest absolute Gasteiger partial charge is 0.394 e. The Morgan fingerprint density at radius 3 is 2.60 bits per heavy atom. The van der Waals surface area contributed by atoms with Gasteiger partial charge in [-0.2, -0.15) is 0 Å². The lowest BCUT2D eigenvalue weighted by molar-refractivity contribution is -0.0690. The van der Waals surface area contributed by atoms with Gasteiger partial charge in [-0.05, 0) is 6.08 Å². The first-order valence-electron chi connectivity index (χ1n) is 5.79. The number of halogens is 2. The second-order valence-electron chi connectivity index (χ2n) is 4.62. The minimum Gasteiger partial charge on any atom is -0.394 e. The second kappa shape index (κ2) is 5.22. The van der Waals surface area contributed by atoms with Gasteiger partial charge in [0, 0.05) is 6.20 Å². The molecule has 114 valence electrons. The maximum atomic E-state index is 12.7. The van der Waals surface area contributed by atoms with Crippen LogP contribution in [0.4, 0.5) is 13.6 Å². The van der Waals surface area contributed by atoms with Crippen LogP contribution in [0.25, 0.3) is 0 Å². The topological polar surface area (TPSA) is 128 Å². The Balaban J connectivity index is 2.17. The van der Waals surface area contributed by atoms with E-state index in [1.807, 2.05) is 5.32 Å². The Hall–Kier alpha value is -1.33. The molecular weight excluding hydrogens is 280 g/mol. The zero-order valence-corrected chi connectivity index (χ0v) is 10.2. The van der Waals surface area contributed by atoms with E-state index in [1.165, 1.54) is 0 Å². The Kier molecular flexibility index (Phi) is 3.93. The zero-order valence-electron chi connectivity index (χ0n) is 10.2. The highest BCUT2D eigenvalue weighted by Gasteiger charge is 2.49. The number of ether oxygens (including phenoxy) is 1. The third-order valence-electron chi connectivity index (χ3n) is 3.22. The lowest BCUT2D eigenvalue weighted by Gasteiger charge is -2.37. The van der Waals surface area contributed by atoms with Crippen molar-refractivity contribution >= 4 is 6.03 Å². The van der Waals surface area contributed by atoms with Gasteiger partial charge in [0.05, 0.1) is 6.61 Å². The highest BCUT2D eigenvalue weighted by Crippen LogP contribution is 2.27. The molecule has 0 bridgehead atoms. The summed E-state index contributed by atoms with van der Waals surface area (Å²) in [7, 11) is 0. The van der Waals surface area contributed by atoms with Gasteiger partial charge in [0.2, 0.25) is 0 Å². The first-order chi connectivity index (χ1) is 9.30. The number of nitrogens with one attached hydrogen (secondary N) is 1. The number of alkyl halides is 2. The number of hydrogen-bond donors (Lipinski definition) is 5. The Morgan fingerprint density at radius 2 is 2.15 bits per heavy atom. The summed E-state index contributed by atoms with van der Waals surface area (Å²) in [5.74, 6) is 0. The van der Waals surface area contributed by atoms with E-state index >= 15 is 0 Å². The quantitative estimate of drug-likeness (QED) is 0.405. The number of aliphatic hydroxyl groups is 3. The predicted octanol–water partition coefficient (Wildman–Crippen LogP) is -2.12. The summed E-state index contributed by atoms with van der Waals surface area (Å²) >= 11 is 0. The van der Waals surface area contributed by atoms with Crippen molar-refractivity contribution in [1.29, 1.82) is 0 Å². The number of rotatable bonds is 3. The number of hydrogen-bond acceptors (Lipinski definition) is 6. The molecule has 0 aromatic heterocycles. The van der Waals surface area contributed by atoms with E-state index in [1.54, 1.807) is 0 Å². The van der Waals surface area contributed by atoms with Gasteiger partial charge >= 0.3 is 6.03 Å². The Morgan fingerprint density at radius 1 is 1.50 bits per heavy atom. The summed E-state index contributed by atoms with van der Waals surface area (Å²) in [6.07, 6.45) is -6.48. The maximum absolute atomic E-state index is 12.7. The zero-order chi connectivity index (χ0) is 15.1. The van der Waals surface area contributed by atoms with Crippen LogP contribution in [0.1, 0.15) is 0 Å². The van der Waals surface area contributed by atoms with E-state index in [0.717, 1.165) is 17.2 Å². The normalized spacial score (nSPS) is 41.4. The molecule has 10 heteroatoms. The lowest BCUT2D eigenvalue weighted by atomic mass is 10.1. The SMILES string of the molecule is NC1(C(F)F)C=CN([C@@H]2O[C@H](CO)[C@@H](O)[C@H]2O)C(=O)N1. The predicted molar refractivity (Wildman–Crippen MR) is 60.2 cm³/mol. The third kappa shape index (κ3) is 2.36. The molecule has 20 heavy (non-hydrogen) atoms. The van der Waals surface area contributed by atoms with Crippen molar-refractivity contribution in [2.75, 3.05) is 6.61 Å². The minimum atomic E-state index is -3.02. The number of carbonyl (C=O) groups excluding carboxylic acids is 1. The van der Waals surface area contributed by atoms with Crippen molar-refractivity contribution < 1.29 is 33.6 Å². The van der Waals surface area contributed by atoms with Crippen LogP contribution in [0.2, 0.25) is 0 Å². The number of urea groups is 1. The van der Waals surface area contributed by atoms with Gasteiger partial charge in [-0.1, -0.05) is 0 Å². The van der Waals surface area contributed by atoms with Crippen LogP contribution in [0.15, 0.2) is 12.3 Å². The fourth-order valence-electron chi connectivity index (χ4n) is 2.00. The first-order valence-corrected chi connectivity index (χ1v) is 5.79. The highest BCUT2D eigenvalue weighted by molar-refractivity contribution is 5.78. The smallest absolute Gasteiger partial charge is 0.325 e. The van der Waals surface area contributed by atoms with Gasteiger partial charge in [-0.25, -0.2) is 13.6 Å². The fraction of sp³-hybridized carbons (Fsp3) is 0.700. The molecule has 0 aromatic rings. The average Bonchev–Trinajstić information content (AvgIpc) is 2.66. The van der Waals surface area contributed by atoms with E-state index in [2.05, 4.69) is 0 Å². The van der Waals surface area contributed by atoms with Crippen molar-refractivity contribution in [2.24, 2.45) is 5.73 Å². The van der Waals surface area contributed by atoms with Crippen molar-refractivity contribution in [2.45, 2.75) is 36.6 Å². The van der Waals surface area contributed by atoms with E-state index < -0.39 is 49.3 Å². The van der Waals surface area contributed by atoms with Crippen LogP contribution < -0.4 is 11.1 Å². The van der Waals surface area contributed by atoms with Crippen LogP contribution >= 0.6 is 0 Å². The third-order valence-corrected chi connectivity index (χ3v) is 3.22. The van der Waals surface area contributed by atoms with Gasteiger partial charge in [-0.15, -0.1) is 0 Å². The maximum Gasteiger partial charge on any atom is 0.325 e. The Bertz CT molecular complexity index is 424. The molecule has 2 aliphatic heterocycles. The molecule has 2 amide bonds. The molecular formula is C10H15F2N3O5. The summed E-state index contributed by atoms with van der Waals surface area (Å²) in [6, 6.07) is -1.01. The lowest BCUT2D eigenvalue weighted by Crippen LogP contribution is -2.66. The number of aliphatic hydroxyl groups excluding tert-OH is 3. The van der Waals surface area contributed by atoms with E-state index in [-0.39, 0.29) is 0 Å². The molecule has 1 fully saturated rings. The molecule has 0 spiro atoms. The summed E-state index contributed by atoms with van der Waals surface area (Å²) < 4.78 is 30.5. The van der Waals surface area contributed by atoms with Crippen LogP contribution in [0.5, 0.6) is 0 Å². The molecule has 0 saturated carbocycles. The van der Waals surface area contributed by atoms with E-state index in [4.69, 9.17) is 15.6 Å².